The lowest BCUT2D eigenvalue weighted by Gasteiger charge is -2.06. The SMILES string of the molecule is N#Cc1c(F)cccc1Nc1ccccnc1=O. The number of nitrogens with one attached hydrogen (secondary N) is 1. The van der Waals surface area contributed by atoms with Crippen LogP contribution in [0.2, 0.25) is 0 Å². The molecule has 0 fully saturated rings. The summed E-state index contributed by atoms with van der Waals surface area (Å²) >= 11 is 0. The molecule has 2 rings (SSSR count). The van der Waals surface area contributed by atoms with Gasteiger partial charge < -0.3 is 5.32 Å². The van der Waals surface area contributed by atoms with Crippen LogP contribution in [0, 0.1) is 17.1 Å². The minimum Gasteiger partial charge on any atom is -0.350 e. The predicted molar refractivity (Wildman–Crippen MR) is 64.9 cm³/mol. The highest BCUT2D eigenvalue weighted by Gasteiger charge is 2.08. The van der Waals surface area contributed by atoms with Gasteiger partial charge in [0.25, 0.3) is 5.56 Å². The second kappa shape index (κ2) is 5.06. The van der Waals surface area contributed by atoms with Crippen molar-refractivity contribution in [1.82, 2.24) is 4.98 Å². The van der Waals surface area contributed by atoms with E-state index in [2.05, 4.69) is 10.3 Å². The molecule has 0 aliphatic heterocycles. The van der Waals surface area contributed by atoms with Crippen molar-refractivity contribution in [2.75, 3.05) is 5.32 Å². The summed E-state index contributed by atoms with van der Waals surface area (Å²) < 4.78 is 13.4. The first-order valence-corrected chi connectivity index (χ1v) is 5.13. The van der Waals surface area contributed by atoms with Crippen LogP contribution in [0.1, 0.15) is 5.56 Å². The number of halogens is 1. The summed E-state index contributed by atoms with van der Waals surface area (Å²) in [5.74, 6) is -0.636. The second-order valence-electron chi connectivity index (χ2n) is 3.45. The summed E-state index contributed by atoms with van der Waals surface area (Å²) in [6.45, 7) is 0. The standard InChI is InChI=1S/C13H8FN3O/c14-10-4-3-6-11(9(10)8-15)17-12-5-1-2-7-16-13(12)18/h1-7H,(H,16,17,18). The highest BCUT2D eigenvalue weighted by atomic mass is 19.1. The normalized spacial score (nSPS) is 9.56. The van der Waals surface area contributed by atoms with Crippen LogP contribution in [0.3, 0.4) is 0 Å². The summed E-state index contributed by atoms with van der Waals surface area (Å²) in [6, 6.07) is 10.7. The van der Waals surface area contributed by atoms with Crippen LogP contribution in [0.4, 0.5) is 15.8 Å². The van der Waals surface area contributed by atoms with E-state index in [9.17, 15) is 9.18 Å². The van der Waals surface area contributed by atoms with Gasteiger partial charge in [0, 0.05) is 6.20 Å². The summed E-state index contributed by atoms with van der Waals surface area (Å²) in [7, 11) is 0. The first-order valence-electron chi connectivity index (χ1n) is 5.13. The summed E-state index contributed by atoms with van der Waals surface area (Å²) in [4.78, 5) is 15.2. The topological polar surface area (TPSA) is 65.8 Å². The van der Waals surface area contributed by atoms with E-state index in [4.69, 9.17) is 5.26 Å². The average Bonchev–Trinajstić information content (AvgIpc) is 2.55. The Hall–Kier alpha value is -2.74. The number of nitriles is 1. The monoisotopic (exact) mass is 241 g/mol. The maximum absolute atomic E-state index is 13.4. The molecule has 18 heavy (non-hydrogen) atoms. The molecule has 4 nitrogen and oxygen atoms in total. The van der Waals surface area contributed by atoms with Gasteiger partial charge in [-0.1, -0.05) is 12.1 Å². The van der Waals surface area contributed by atoms with Crippen LogP contribution in [0.25, 0.3) is 0 Å². The van der Waals surface area contributed by atoms with Crippen LogP contribution < -0.4 is 10.9 Å². The molecule has 0 aliphatic carbocycles. The van der Waals surface area contributed by atoms with E-state index in [0.717, 1.165) is 0 Å². The Bertz CT molecular complexity index is 680. The molecule has 0 saturated heterocycles. The molecule has 0 aliphatic rings. The molecule has 0 radical (unpaired) electrons. The van der Waals surface area contributed by atoms with E-state index in [0.29, 0.717) is 0 Å². The van der Waals surface area contributed by atoms with Gasteiger partial charge >= 0.3 is 0 Å². The lowest BCUT2D eigenvalue weighted by atomic mass is 10.2. The molecule has 1 N–H and O–H groups in total. The molecule has 1 heterocycles. The number of anilines is 2. The van der Waals surface area contributed by atoms with Crippen molar-refractivity contribution >= 4 is 11.4 Å². The first kappa shape index (κ1) is 11.7. The van der Waals surface area contributed by atoms with Crippen LogP contribution >= 0.6 is 0 Å². The van der Waals surface area contributed by atoms with Crippen LogP contribution in [-0.2, 0) is 0 Å². The van der Waals surface area contributed by atoms with Crippen LogP contribution in [0.15, 0.2) is 47.4 Å². The van der Waals surface area contributed by atoms with Gasteiger partial charge in [-0.3, -0.25) is 4.79 Å². The van der Waals surface area contributed by atoms with E-state index >= 15 is 0 Å². The fourth-order valence-electron chi connectivity index (χ4n) is 1.44. The fraction of sp³-hybridized carbons (Fsp3) is 0. The molecule has 0 spiro atoms. The Labute approximate surface area is 102 Å². The molecule has 1 aromatic heterocycles. The molecule has 1 aromatic carbocycles. The molecular weight excluding hydrogens is 233 g/mol. The third kappa shape index (κ3) is 2.33. The minimum absolute atomic E-state index is 0.136. The van der Waals surface area contributed by atoms with Crippen molar-refractivity contribution in [1.29, 1.82) is 5.26 Å². The molecule has 0 amide bonds. The zero-order valence-corrected chi connectivity index (χ0v) is 9.22. The molecular formula is C13H8FN3O. The Balaban J connectivity index is 2.48. The van der Waals surface area contributed by atoms with Gasteiger partial charge in [0.1, 0.15) is 23.1 Å². The molecule has 0 saturated carbocycles. The minimum atomic E-state index is -0.636. The van der Waals surface area contributed by atoms with Gasteiger partial charge in [0.05, 0.1) is 5.69 Å². The molecule has 2 aromatic rings. The lowest BCUT2D eigenvalue weighted by Crippen LogP contribution is -2.08. The van der Waals surface area contributed by atoms with Crippen molar-refractivity contribution in [3.8, 4) is 6.07 Å². The van der Waals surface area contributed by atoms with Gasteiger partial charge in [-0.05, 0) is 24.3 Å². The highest BCUT2D eigenvalue weighted by Crippen LogP contribution is 2.20. The number of hydrogen-bond acceptors (Lipinski definition) is 4. The zero-order valence-electron chi connectivity index (χ0n) is 9.22. The number of aromatic nitrogens is 1. The van der Waals surface area contributed by atoms with Crippen molar-refractivity contribution < 1.29 is 4.39 Å². The van der Waals surface area contributed by atoms with Crippen LogP contribution in [-0.4, -0.2) is 4.98 Å². The largest absolute Gasteiger partial charge is 0.350 e. The number of hydrogen-bond donors (Lipinski definition) is 1. The first-order chi connectivity index (χ1) is 8.72. The van der Waals surface area contributed by atoms with E-state index < -0.39 is 11.4 Å². The average molecular weight is 241 g/mol. The van der Waals surface area contributed by atoms with E-state index in [1.807, 2.05) is 0 Å². The summed E-state index contributed by atoms with van der Waals surface area (Å²) in [5.41, 5.74) is -0.193. The smallest absolute Gasteiger partial charge is 0.293 e. The predicted octanol–water partition coefficient (Wildman–Crippen LogP) is 2.20. The molecule has 0 bridgehead atoms. The highest BCUT2D eigenvalue weighted by molar-refractivity contribution is 5.65. The quantitative estimate of drug-likeness (QED) is 0.875. The summed E-state index contributed by atoms with van der Waals surface area (Å²) in [6.07, 6.45) is 1.37. The van der Waals surface area contributed by atoms with E-state index in [-0.39, 0.29) is 16.9 Å². The zero-order chi connectivity index (χ0) is 13.0. The fourth-order valence-corrected chi connectivity index (χ4v) is 1.44. The van der Waals surface area contributed by atoms with Crippen molar-refractivity contribution in [2.45, 2.75) is 0 Å². The Morgan fingerprint density at radius 1 is 1.17 bits per heavy atom. The van der Waals surface area contributed by atoms with Gasteiger partial charge in [-0.15, -0.1) is 0 Å². The van der Waals surface area contributed by atoms with Crippen LogP contribution in [0.5, 0.6) is 0 Å². The number of benzene rings is 1. The van der Waals surface area contributed by atoms with Crippen molar-refractivity contribution in [2.24, 2.45) is 0 Å². The summed E-state index contributed by atoms with van der Waals surface area (Å²) in [5, 5.41) is 11.6. The van der Waals surface area contributed by atoms with Gasteiger partial charge in [-0.2, -0.15) is 5.26 Å². The van der Waals surface area contributed by atoms with Crippen molar-refractivity contribution in [3.63, 3.8) is 0 Å². The Morgan fingerprint density at radius 3 is 2.72 bits per heavy atom. The van der Waals surface area contributed by atoms with Gasteiger partial charge in [0.15, 0.2) is 0 Å². The third-order valence-corrected chi connectivity index (χ3v) is 2.28. The maximum atomic E-state index is 13.4. The third-order valence-electron chi connectivity index (χ3n) is 2.28. The van der Waals surface area contributed by atoms with Gasteiger partial charge in [0.2, 0.25) is 0 Å². The maximum Gasteiger partial charge on any atom is 0.293 e. The second-order valence-corrected chi connectivity index (χ2v) is 3.45. The molecule has 88 valence electrons. The Morgan fingerprint density at radius 2 is 1.94 bits per heavy atom. The lowest BCUT2D eigenvalue weighted by molar-refractivity contribution is 0.624. The van der Waals surface area contributed by atoms with E-state index in [1.54, 1.807) is 18.2 Å². The molecule has 0 atom stereocenters. The molecule has 0 unspecified atom stereocenters. The number of nitrogens with zero attached hydrogens (tertiary/aromatic N) is 2. The molecule has 5 heteroatoms. The Kier molecular flexibility index (Phi) is 3.30. The number of rotatable bonds is 2. The van der Waals surface area contributed by atoms with Gasteiger partial charge in [-0.25, -0.2) is 9.37 Å². The van der Waals surface area contributed by atoms with E-state index in [1.165, 1.54) is 30.5 Å². The van der Waals surface area contributed by atoms with Crippen molar-refractivity contribution in [3.05, 3.63) is 64.3 Å².